The fourth-order valence-electron chi connectivity index (χ4n) is 8.55. The smallest absolute Gasteiger partial charge is 0.136 e. The van der Waals surface area contributed by atoms with E-state index >= 15 is 0 Å². The first-order chi connectivity index (χ1) is 28.7. The summed E-state index contributed by atoms with van der Waals surface area (Å²) in [6, 6.07) is 80.7. The van der Waals surface area contributed by atoms with Gasteiger partial charge in [0.25, 0.3) is 0 Å². The van der Waals surface area contributed by atoms with E-state index in [-0.39, 0.29) is 0 Å². The molecule has 0 amide bonds. The van der Waals surface area contributed by atoms with Crippen molar-refractivity contribution in [2.75, 3.05) is 4.90 Å². The second-order valence-corrected chi connectivity index (χ2v) is 14.9. The van der Waals surface area contributed by atoms with Gasteiger partial charge in [-0.25, -0.2) is 0 Å². The minimum absolute atomic E-state index is 0.889. The average molecular weight is 740 g/mol. The lowest BCUT2D eigenvalue weighted by atomic mass is 9.96. The number of hydrogen-bond donors (Lipinski definition) is 0. The zero-order chi connectivity index (χ0) is 38.4. The van der Waals surface area contributed by atoms with Crippen molar-refractivity contribution >= 4 is 60.5 Å². The second kappa shape index (κ2) is 14.1. The Bertz CT molecular complexity index is 3260. The van der Waals surface area contributed by atoms with Crippen LogP contribution in [0.25, 0.3) is 88.0 Å². The molecule has 0 saturated heterocycles. The SMILES string of the molecule is c1ccc(-c2cccc(N(c3ccc(-c4ccc(-c5cccc6ccccc56)cc4)cc3)c3ccccc3-c3ccc4oc5cc6ccccc6cc5c4c3)c2)cc1. The average Bonchev–Trinajstić information content (AvgIpc) is 3.65. The molecule has 0 atom stereocenters. The molecule has 1 aromatic heterocycles. The Morgan fingerprint density at radius 3 is 1.67 bits per heavy atom. The zero-order valence-corrected chi connectivity index (χ0v) is 31.7. The molecule has 272 valence electrons. The third-order valence-corrected chi connectivity index (χ3v) is 11.4. The first-order valence-corrected chi connectivity index (χ1v) is 19.8. The number of nitrogens with zero attached hydrogens (tertiary/aromatic N) is 1. The van der Waals surface area contributed by atoms with Gasteiger partial charge in [0.05, 0.1) is 5.69 Å². The maximum absolute atomic E-state index is 6.41. The van der Waals surface area contributed by atoms with Gasteiger partial charge in [0.15, 0.2) is 0 Å². The van der Waals surface area contributed by atoms with Gasteiger partial charge in [-0.3, -0.25) is 0 Å². The summed E-state index contributed by atoms with van der Waals surface area (Å²) >= 11 is 0. The maximum atomic E-state index is 6.41. The van der Waals surface area contributed by atoms with Crippen LogP contribution in [-0.4, -0.2) is 0 Å². The summed E-state index contributed by atoms with van der Waals surface area (Å²) in [7, 11) is 0. The predicted octanol–water partition coefficient (Wildman–Crippen LogP) is 16.0. The Labute approximate surface area is 337 Å². The minimum atomic E-state index is 0.889. The van der Waals surface area contributed by atoms with Crippen LogP contribution in [0, 0.1) is 0 Å². The normalized spacial score (nSPS) is 11.4. The molecule has 0 unspecified atom stereocenters. The van der Waals surface area contributed by atoms with Gasteiger partial charge in [0.1, 0.15) is 11.2 Å². The monoisotopic (exact) mass is 739 g/mol. The first-order valence-electron chi connectivity index (χ1n) is 19.8. The van der Waals surface area contributed by atoms with E-state index in [4.69, 9.17) is 4.42 Å². The van der Waals surface area contributed by atoms with Crippen molar-refractivity contribution in [2.45, 2.75) is 0 Å². The maximum Gasteiger partial charge on any atom is 0.136 e. The Kier molecular flexibility index (Phi) is 8.19. The van der Waals surface area contributed by atoms with E-state index in [1.807, 2.05) is 0 Å². The van der Waals surface area contributed by atoms with Gasteiger partial charge in [-0.05, 0) is 115 Å². The Morgan fingerprint density at radius 2 is 0.845 bits per heavy atom. The summed E-state index contributed by atoms with van der Waals surface area (Å²) in [5.74, 6) is 0. The standard InChI is InChI=1S/C56H37NO/c1-2-12-38(13-3-1)43-18-10-19-48(34-43)57(47-31-28-40(29-32-47)39-24-26-42(27-25-39)50-22-11-17-41-14-6-7-20-49(41)50)54-23-9-8-21-51(54)46-30-33-55-52(36-46)53-35-44-15-4-5-16-45(44)37-56(53)58-55/h1-37H. The minimum Gasteiger partial charge on any atom is -0.456 e. The number of fused-ring (bicyclic) bond motifs is 5. The highest BCUT2D eigenvalue weighted by Crippen LogP contribution is 2.44. The van der Waals surface area contributed by atoms with Crippen LogP contribution in [-0.2, 0) is 0 Å². The van der Waals surface area contributed by atoms with E-state index in [1.165, 1.54) is 54.9 Å². The van der Waals surface area contributed by atoms with Crippen molar-refractivity contribution in [3.8, 4) is 44.5 Å². The molecule has 0 spiro atoms. The van der Waals surface area contributed by atoms with E-state index in [1.54, 1.807) is 0 Å². The zero-order valence-electron chi connectivity index (χ0n) is 31.7. The number of rotatable bonds is 7. The van der Waals surface area contributed by atoms with E-state index in [9.17, 15) is 0 Å². The molecule has 2 nitrogen and oxygen atoms in total. The third-order valence-electron chi connectivity index (χ3n) is 11.4. The summed E-state index contributed by atoms with van der Waals surface area (Å²) in [5, 5.41) is 7.15. The van der Waals surface area contributed by atoms with Crippen LogP contribution in [0.15, 0.2) is 229 Å². The van der Waals surface area contributed by atoms with Crippen LogP contribution in [0.2, 0.25) is 0 Å². The molecule has 58 heavy (non-hydrogen) atoms. The summed E-state index contributed by atoms with van der Waals surface area (Å²) in [5.41, 5.74) is 14.5. The molecule has 0 aliphatic carbocycles. The number of para-hydroxylation sites is 1. The number of hydrogen-bond acceptors (Lipinski definition) is 2. The largest absolute Gasteiger partial charge is 0.456 e. The van der Waals surface area contributed by atoms with E-state index in [0.717, 1.165) is 50.1 Å². The fourth-order valence-corrected chi connectivity index (χ4v) is 8.55. The fraction of sp³-hybridized carbons (Fsp3) is 0. The van der Waals surface area contributed by atoms with Crippen LogP contribution >= 0.6 is 0 Å². The molecule has 0 saturated carbocycles. The molecule has 11 rings (SSSR count). The lowest BCUT2D eigenvalue weighted by molar-refractivity contribution is 0.669. The quantitative estimate of drug-likeness (QED) is 0.162. The lowest BCUT2D eigenvalue weighted by Crippen LogP contribution is -2.11. The van der Waals surface area contributed by atoms with Crippen LogP contribution in [0.1, 0.15) is 0 Å². The molecule has 11 aromatic rings. The van der Waals surface area contributed by atoms with Crippen LogP contribution in [0.3, 0.4) is 0 Å². The Balaban J connectivity index is 1.01. The molecule has 0 aliphatic heterocycles. The van der Waals surface area contributed by atoms with Gasteiger partial charge in [-0.1, -0.05) is 170 Å². The van der Waals surface area contributed by atoms with Crippen molar-refractivity contribution < 1.29 is 4.42 Å². The first kappa shape index (κ1) is 33.6. The molecule has 1 heterocycles. The Morgan fingerprint density at radius 1 is 0.276 bits per heavy atom. The molecule has 0 bridgehead atoms. The molecule has 2 heteroatoms. The molecular formula is C56H37NO. The molecular weight excluding hydrogens is 703 g/mol. The third kappa shape index (κ3) is 6.00. The van der Waals surface area contributed by atoms with E-state index in [2.05, 4.69) is 229 Å². The number of anilines is 3. The van der Waals surface area contributed by atoms with Gasteiger partial charge in [-0.2, -0.15) is 0 Å². The molecule has 0 fully saturated rings. The number of benzene rings is 10. The van der Waals surface area contributed by atoms with Crippen molar-refractivity contribution in [2.24, 2.45) is 0 Å². The molecule has 0 aliphatic rings. The van der Waals surface area contributed by atoms with Gasteiger partial charge in [-0.15, -0.1) is 0 Å². The predicted molar refractivity (Wildman–Crippen MR) is 245 cm³/mol. The highest BCUT2D eigenvalue weighted by atomic mass is 16.3. The van der Waals surface area contributed by atoms with Crippen molar-refractivity contribution in [1.29, 1.82) is 0 Å². The van der Waals surface area contributed by atoms with Crippen LogP contribution in [0.4, 0.5) is 17.1 Å². The summed E-state index contributed by atoms with van der Waals surface area (Å²) in [4.78, 5) is 2.39. The van der Waals surface area contributed by atoms with Gasteiger partial charge in [0.2, 0.25) is 0 Å². The summed E-state index contributed by atoms with van der Waals surface area (Å²) in [6.07, 6.45) is 0. The lowest BCUT2D eigenvalue weighted by Gasteiger charge is -2.28. The molecule has 10 aromatic carbocycles. The highest BCUT2D eigenvalue weighted by Gasteiger charge is 2.19. The topological polar surface area (TPSA) is 16.4 Å². The number of furan rings is 1. The van der Waals surface area contributed by atoms with E-state index in [0.29, 0.717) is 0 Å². The van der Waals surface area contributed by atoms with Crippen molar-refractivity contribution in [1.82, 2.24) is 0 Å². The second-order valence-electron chi connectivity index (χ2n) is 14.9. The van der Waals surface area contributed by atoms with Crippen LogP contribution in [0.5, 0.6) is 0 Å². The van der Waals surface area contributed by atoms with Crippen LogP contribution < -0.4 is 4.90 Å². The summed E-state index contributed by atoms with van der Waals surface area (Å²) < 4.78 is 6.41. The Hall–Kier alpha value is -7.68. The molecule has 0 N–H and O–H groups in total. The van der Waals surface area contributed by atoms with Gasteiger partial charge < -0.3 is 9.32 Å². The van der Waals surface area contributed by atoms with Gasteiger partial charge in [0, 0.05) is 27.7 Å². The highest BCUT2D eigenvalue weighted by molar-refractivity contribution is 6.11. The summed E-state index contributed by atoms with van der Waals surface area (Å²) in [6.45, 7) is 0. The van der Waals surface area contributed by atoms with Gasteiger partial charge >= 0.3 is 0 Å². The van der Waals surface area contributed by atoms with E-state index < -0.39 is 0 Å². The molecule has 0 radical (unpaired) electrons. The van der Waals surface area contributed by atoms with Crippen molar-refractivity contribution in [3.63, 3.8) is 0 Å². The van der Waals surface area contributed by atoms with Crippen molar-refractivity contribution in [3.05, 3.63) is 224 Å².